The van der Waals surface area contributed by atoms with Gasteiger partial charge in [-0.05, 0) is 72.9 Å². The van der Waals surface area contributed by atoms with Crippen molar-refractivity contribution < 1.29 is 19.7 Å². The number of aliphatic hydroxyl groups excluding tert-OH is 2. The first-order chi connectivity index (χ1) is 12.7. The molecular formula is C22H30O4. The van der Waals surface area contributed by atoms with E-state index in [1.54, 1.807) is 14.2 Å². The standard InChI is InChI=1S/C22H30O4/c1-25-21-9-5-17(6-10-21)14-19(4-3-13-23)20(16-24)15-18-7-11-22(26-2)12-8-18/h5-12,19-20,23-24H,3-4,13-16H2,1-2H3/t19-,20+/m1/s1. The molecule has 0 saturated heterocycles. The molecular weight excluding hydrogens is 328 g/mol. The summed E-state index contributed by atoms with van der Waals surface area (Å²) in [6.45, 7) is 0.318. The number of aliphatic hydroxyl groups is 2. The minimum atomic E-state index is 0.137. The Morgan fingerprint density at radius 2 is 1.19 bits per heavy atom. The maximum absolute atomic E-state index is 10.0. The van der Waals surface area contributed by atoms with Crippen molar-refractivity contribution in [1.29, 1.82) is 0 Å². The maximum Gasteiger partial charge on any atom is 0.118 e. The van der Waals surface area contributed by atoms with Gasteiger partial charge in [-0.2, -0.15) is 0 Å². The average Bonchev–Trinajstić information content (AvgIpc) is 2.70. The van der Waals surface area contributed by atoms with E-state index in [0.717, 1.165) is 37.2 Å². The molecule has 0 aliphatic heterocycles. The van der Waals surface area contributed by atoms with Crippen molar-refractivity contribution in [1.82, 2.24) is 0 Å². The van der Waals surface area contributed by atoms with Crippen molar-refractivity contribution in [2.24, 2.45) is 11.8 Å². The largest absolute Gasteiger partial charge is 0.497 e. The normalized spacial score (nSPS) is 13.2. The molecule has 2 atom stereocenters. The monoisotopic (exact) mass is 358 g/mol. The minimum Gasteiger partial charge on any atom is -0.497 e. The Labute approximate surface area is 156 Å². The summed E-state index contributed by atoms with van der Waals surface area (Å²) in [4.78, 5) is 0. The second-order valence-corrected chi connectivity index (χ2v) is 6.67. The fourth-order valence-electron chi connectivity index (χ4n) is 3.37. The smallest absolute Gasteiger partial charge is 0.118 e. The lowest BCUT2D eigenvalue weighted by Gasteiger charge is -2.26. The highest BCUT2D eigenvalue weighted by molar-refractivity contribution is 5.29. The van der Waals surface area contributed by atoms with Gasteiger partial charge in [-0.15, -0.1) is 0 Å². The fourth-order valence-corrected chi connectivity index (χ4v) is 3.37. The molecule has 0 fully saturated rings. The highest BCUT2D eigenvalue weighted by Crippen LogP contribution is 2.27. The van der Waals surface area contributed by atoms with E-state index in [1.807, 2.05) is 24.3 Å². The minimum absolute atomic E-state index is 0.137. The van der Waals surface area contributed by atoms with Crippen LogP contribution in [-0.4, -0.2) is 37.6 Å². The van der Waals surface area contributed by atoms with Crippen LogP contribution in [0.1, 0.15) is 24.0 Å². The Morgan fingerprint density at radius 1 is 0.731 bits per heavy atom. The summed E-state index contributed by atoms with van der Waals surface area (Å²) in [6.07, 6.45) is 3.34. The van der Waals surface area contributed by atoms with Gasteiger partial charge in [0.05, 0.1) is 14.2 Å². The van der Waals surface area contributed by atoms with Crippen molar-refractivity contribution in [3.63, 3.8) is 0 Å². The molecule has 0 aromatic heterocycles. The Bertz CT molecular complexity index is 622. The quantitative estimate of drug-likeness (QED) is 0.646. The lowest BCUT2D eigenvalue weighted by atomic mass is 9.80. The van der Waals surface area contributed by atoms with E-state index in [0.29, 0.717) is 5.92 Å². The molecule has 0 aliphatic carbocycles. The molecule has 0 amide bonds. The first kappa shape index (κ1) is 20.3. The van der Waals surface area contributed by atoms with E-state index < -0.39 is 0 Å². The summed E-state index contributed by atoms with van der Waals surface area (Å²) in [5.41, 5.74) is 2.41. The van der Waals surface area contributed by atoms with Gasteiger partial charge >= 0.3 is 0 Å². The second-order valence-electron chi connectivity index (χ2n) is 6.67. The summed E-state index contributed by atoms with van der Waals surface area (Å²) < 4.78 is 10.4. The molecule has 4 heteroatoms. The number of ether oxygens (including phenoxy) is 2. The van der Waals surface area contributed by atoms with Crippen LogP contribution in [0.3, 0.4) is 0 Å². The predicted octanol–water partition coefficient (Wildman–Crippen LogP) is 3.49. The Kier molecular flexibility index (Phi) is 8.45. The van der Waals surface area contributed by atoms with E-state index in [2.05, 4.69) is 24.3 Å². The molecule has 0 heterocycles. The van der Waals surface area contributed by atoms with Crippen LogP contribution in [-0.2, 0) is 12.8 Å². The number of hydrogen-bond donors (Lipinski definition) is 2. The number of rotatable bonds is 11. The number of methoxy groups -OCH3 is 2. The molecule has 0 saturated carbocycles. The number of benzene rings is 2. The third-order valence-electron chi connectivity index (χ3n) is 4.95. The van der Waals surface area contributed by atoms with Gasteiger partial charge in [0.2, 0.25) is 0 Å². The van der Waals surface area contributed by atoms with Crippen LogP contribution < -0.4 is 9.47 Å². The molecule has 2 N–H and O–H groups in total. The first-order valence-electron chi connectivity index (χ1n) is 9.17. The maximum atomic E-state index is 10.0. The molecule has 4 nitrogen and oxygen atoms in total. The number of hydrogen-bond acceptors (Lipinski definition) is 4. The van der Waals surface area contributed by atoms with Crippen molar-refractivity contribution in [3.05, 3.63) is 59.7 Å². The zero-order chi connectivity index (χ0) is 18.8. The van der Waals surface area contributed by atoms with Crippen molar-refractivity contribution in [2.75, 3.05) is 27.4 Å². The molecule has 0 bridgehead atoms. The second kappa shape index (κ2) is 10.8. The molecule has 0 aliphatic rings. The van der Waals surface area contributed by atoms with Crippen molar-refractivity contribution in [3.8, 4) is 11.5 Å². The van der Waals surface area contributed by atoms with E-state index in [4.69, 9.17) is 9.47 Å². The van der Waals surface area contributed by atoms with Gasteiger partial charge in [0.25, 0.3) is 0 Å². The van der Waals surface area contributed by atoms with E-state index in [-0.39, 0.29) is 19.1 Å². The summed E-state index contributed by atoms with van der Waals surface area (Å²) in [5, 5.41) is 19.3. The SMILES string of the molecule is COc1ccc(C[C@@H](CO)[C@H](CCCO)Cc2ccc(OC)cc2)cc1. The van der Waals surface area contributed by atoms with E-state index in [9.17, 15) is 10.2 Å². The van der Waals surface area contributed by atoms with Gasteiger partial charge in [-0.25, -0.2) is 0 Å². The highest BCUT2D eigenvalue weighted by atomic mass is 16.5. The van der Waals surface area contributed by atoms with Crippen LogP contribution in [0.25, 0.3) is 0 Å². The molecule has 0 radical (unpaired) electrons. The Morgan fingerprint density at radius 3 is 1.58 bits per heavy atom. The third-order valence-corrected chi connectivity index (χ3v) is 4.95. The first-order valence-corrected chi connectivity index (χ1v) is 9.17. The van der Waals surface area contributed by atoms with Gasteiger partial charge in [-0.1, -0.05) is 24.3 Å². The Hall–Kier alpha value is -2.04. The zero-order valence-electron chi connectivity index (χ0n) is 15.7. The van der Waals surface area contributed by atoms with Crippen molar-refractivity contribution in [2.45, 2.75) is 25.7 Å². The van der Waals surface area contributed by atoms with Gasteiger partial charge < -0.3 is 19.7 Å². The van der Waals surface area contributed by atoms with Gasteiger partial charge in [0.1, 0.15) is 11.5 Å². The highest BCUT2D eigenvalue weighted by Gasteiger charge is 2.21. The average molecular weight is 358 g/mol. The predicted molar refractivity (Wildman–Crippen MR) is 104 cm³/mol. The van der Waals surface area contributed by atoms with Crippen LogP contribution in [0.15, 0.2) is 48.5 Å². The summed E-state index contributed by atoms with van der Waals surface area (Å²) in [7, 11) is 3.32. The van der Waals surface area contributed by atoms with Gasteiger partial charge in [0.15, 0.2) is 0 Å². The molecule has 26 heavy (non-hydrogen) atoms. The van der Waals surface area contributed by atoms with Crippen LogP contribution in [0.5, 0.6) is 11.5 Å². The summed E-state index contributed by atoms with van der Waals surface area (Å²) >= 11 is 0. The fraction of sp³-hybridized carbons (Fsp3) is 0.455. The molecule has 0 spiro atoms. The molecule has 2 aromatic rings. The Balaban J connectivity index is 2.09. The van der Waals surface area contributed by atoms with Gasteiger partial charge in [-0.3, -0.25) is 0 Å². The third kappa shape index (κ3) is 6.04. The van der Waals surface area contributed by atoms with Crippen LogP contribution in [0.2, 0.25) is 0 Å². The van der Waals surface area contributed by atoms with Crippen LogP contribution in [0, 0.1) is 11.8 Å². The lowest BCUT2D eigenvalue weighted by Crippen LogP contribution is -2.23. The van der Waals surface area contributed by atoms with Crippen LogP contribution in [0.4, 0.5) is 0 Å². The topological polar surface area (TPSA) is 58.9 Å². The lowest BCUT2D eigenvalue weighted by molar-refractivity contribution is 0.158. The van der Waals surface area contributed by atoms with Crippen molar-refractivity contribution >= 4 is 0 Å². The van der Waals surface area contributed by atoms with Gasteiger partial charge in [0, 0.05) is 13.2 Å². The molecule has 142 valence electrons. The van der Waals surface area contributed by atoms with E-state index in [1.165, 1.54) is 11.1 Å². The van der Waals surface area contributed by atoms with Crippen LogP contribution >= 0.6 is 0 Å². The summed E-state index contributed by atoms with van der Waals surface area (Å²) in [5.74, 6) is 2.14. The zero-order valence-corrected chi connectivity index (χ0v) is 15.7. The van der Waals surface area contributed by atoms with E-state index >= 15 is 0 Å². The summed E-state index contributed by atoms with van der Waals surface area (Å²) in [6, 6.07) is 16.1. The molecule has 2 rings (SSSR count). The molecule has 0 unspecified atom stereocenters. The molecule has 2 aromatic carbocycles.